The fourth-order valence-corrected chi connectivity index (χ4v) is 1.05. The van der Waals surface area contributed by atoms with Crippen LogP contribution in [-0.2, 0) is 0 Å². The summed E-state index contributed by atoms with van der Waals surface area (Å²) in [5.74, 6) is -4.90. The number of amides is 1. The van der Waals surface area contributed by atoms with Crippen molar-refractivity contribution in [2.75, 3.05) is 18.9 Å². The Morgan fingerprint density at radius 3 is 2.65 bits per heavy atom. The number of rotatable bonds is 4. The summed E-state index contributed by atoms with van der Waals surface area (Å²) >= 11 is 0. The molecular weight excluding hydrogens is 237 g/mol. The molecule has 0 aliphatic heterocycles. The number of nitrogen functional groups attached to an aromatic ring is 1. The third kappa shape index (κ3) is 3.63. The van der Waals surface area contributed by atoms with Crippen LogP contribution < -0.4 is 11.1 Å². The minimum atomic E-state index is -3.39. The van der Waals surface area contributed by atoms with E-state index < -0.39 is 30.8 Å². The lowest BCUT2D eigenvalue weighted by atomic mass is 10.2. The van der Waals surface area contributed by atoms with Crippen LogP contribution in [0.25, 0.3) is 0 Å². The van der Waals surface area contributed by atoms with Gasteiger partial charge in [-0.2, -0.15) is 0 Å². The van der Waals surface area contributed by atoms with Gasteiger partial charge in [-0.1, -0.05) is 0 Å². The first-order valence-corrected chi connectivity index (χ1v) is 4.67. The zero-order chi connectivity index (χ0) is 13.1. The van der Waals surface area contributed by atoms with Crippen LogP contribution in [0.5, 0.6) is 0 Å². The summed E-state index contributed by atoms with van der Waals surface area (Å²) in [6.07, 6.45) is 0. The summed E-state index contributed by atoms with van der Waals surface area (Å²) in [6, 6.07) is 3.13. The van der Waals surface area contributed by atoms with Gasteiger partial charge in [0.1, 0.15) is 12.4 Å². The summed E-state index contributed by atoms with van der Waals surface area (Å²) in [4.78, 5) is 11.4. The van der Waals surface area contributed by atoms with E-state index in [4.69, 9.17) is 10.8 Å². The largest absolute Gasteiger partial charge is 0.396 e. The molecule has 0 bridgehead atoms. The van der Waals surface area contributed by atoms with Crippen molar-refractivity contribution in [1.29, 1.82) is 0 Å². The van der Waals surface area contributed by atoms with Crippen LogP contribution in [0.1, 0.15) is 10.4 Å². The first-order chi connectivity index (χ1) is 7.85. The SMILES string of the molecule is Nc1cc(C(=O)NCC(F)(F)CO)ccc1F. The third-order valence-electron chi connectivity index (χ3n) is 2.00. The van der Waals surface area contributed by atoms with Crippen molar-refractivity contribution >= 4 is 11.6 Å². The molecule has 0 aliphatic rings. The molecule has 0 fully saturated rings. The number of hydrogen-bond donors (Lipinski definition) is 3. The van der Waals surface area contributed by atoms with E-state index in [0.29, 0.717) is 0 Å². The maximum absolute atomic E-state index is 12.8. The molecule has 0 aromatic heterocycles. The van der Waals surface area contributed by atoms with Crippen LogP contribution in [0.4, 0.5) is 18.9 Å². The van der Waals surface area contributed by atoms with E-state index in [1.165, 1.54) is 0 Å². The smallest absolute Gasteiger partial charge is 0.287 e. The van der Waals surface area contributed by atoms with E-state index in [1.807, 2.05) is 5.32 Å². The Bertz CT molecular complexity index is 424. The van der Waals surface area contributed by atoms with E-state index in [2.05, 4.69) is 0 Å². The van der Waals surface area contributed by atoms with E-state index in [0.717, 1.165) is 18.2 Å². The molecule has 1 aromatic carbocycles. The number of carbonyl (C=O) groups excluding carboxylic acids is 1. The number of nitrogens with one attached hydrogen (secondary N) is 1. The second-order valence-electron chi connectivity index (χ2n) is 3.43. The van der Waals surface area contributed by atoms with Crippen molar-refractivity contribution in [1.82, 2.24) is 5.32 Å². The van der Waals surface area contributed by atoms with Gasteiger partial charge in [0.05, 0.1) is 12.2 Å². The topological polar surface area (TPSA) is 75.4 Å². The molecule has 0 spiro atoms. The maximum Gasteiger partial charge on any atom is 0.287 e. The van der Waals surface area contributed by atoms with E-state index >= 15 is 0 Å². The lowest BCUT2D eigenvalue weighted by molar-refractivity contribution is -0.0462. The summed E-state index contributed by atoms with van der Waals surface area (Å²) in [7, 11) is 0. The van der Waals surface area contributed by atoms with E-state index in [-0.39, 0.29) is 11.3 Å². The Balaban J connectivity index is 2.68. The van der Waals surface area contributed by atoms with Gasteiger partial charge in [0.15, 0.2) is 0 Å². The number of benzene rings is 1. The Hall–Kier alpha value is -1.76. The molecule has 0 saturated heterocycles. The highest BCUT2D eigenvalue weighted by Crippen LogP contribution is 2.13. The quantitative estimate of drug-likeness (QED) is 0.689. The minimum Gasteiger partial charge on any atom is -0.396 e. The predicted octanol–water partition coefficient (Wildman–Crippen LogP) is 0.765. The number of aliphatic hydroxyl groups is 1. The summed E-state index contributed by atoms with van der Waals surface area (Å²) in [6.45, 7) is -2.36. The van der Waals surface area contributed by atoms with Gasteiger partial charge in [-0.05, 0) is 18.2 Å². The van der Waals surface area contributed by atoms with Crippen LogP contribution in [0.2, 0.25) is 0 Å². The molecule has 7 heteroatoms. The molecule has 0 aliphatic carbocycles. The number of aliphatic hydroxyl groups excluding tert-OH is 1. The number of halogens is 3. The normalized spacial score (nSPS) is 11.3. The zero-order valence-electron chi connectivity index (χ0n) is 8.71. The van der Waals surface area contributed by atoms with Gasteiger partial charge >= 0.3 is 0 Å². The molecule has 17 heavy (non-hydrogen) atoms. The minimum absolute atomic E-state index is 0.0300. The summed E-state index contributed by atoms with van der Waals surface area (Å²) in [5.41, 5.74) is 4.95. The standard InChI is InChI=1S/C10H11F3N2O2/c11-7-2-1-6(3-8(7)14)9(17)15-4-10(12,13)5-16/h1-3,16H,4-5,14H2,(H,15,17). The molecule has 4 N–H and O–H groups in total. The van der Waals surface area contributed by atoms with Crippen molar-refractivity contribution in [3.05, 3.63) is 29.6 Å². The lowest BCUT2D eigenvalue weighted by Crippen LogP contribution is -2.39. The average Bonchev–Trinajstić information content (AvgIpc) is 2.30. The molecule has 0 radical (unpaired) electrons. The van der Waals surface area contributed by atoms with Gasteiger partial charge in [-0.25, -0.2) is 13.2 Å². The van der Waals surface area contributed by atoms with Gasteiger partial charge in [-0.15, -0.1) is 0 Å². The van der Waals surface area contributed by atoms with Crippen LogP contribution in [-0.4, -0.2) is 30.1 Å². The molecule has 1 rings (SSSR count). The van der Waals surface area contributed by atoms with Crippen molar-refractivity contribution < 1.29 is 23.1 Å². The number of anilines is 1. The number of carbonyl (C=O) groups is 1. The van der Waals surface area contributed by atoms with Crippen molar-refractivity contribution in [3.63, 3.8) is 0 Å². The lowest BCUT2D eigenvalue weighted by Gasteiger charge is -2.14. The van der Waals surface area contributed by atoms with Crippen molar-refractivity contribution in [2.24, 2.45) is 0 Å². The Morgan fingerprint density at radius 1 is 1.47 bits per heavy atom. The number of alkyl halides is 2. The maximum atomic E-state index is 12.8. The zero-order valence-corrected chi connectivity index (χ0v) is 8.71. The van der Waals surface area contributed by atoms with Gasteiger partial charge < -0.3 is 16.2 Å². The average molecular weight is 248 g/mol. The molecule has 1 amide bonds. The molecule has 0 saturated carbocycles. The fourth-order valence-electron chi connectivity index (χ4n) is 1.05. The van der Waals surface area contributed by atoms with Gasteiger partial charge in [0.2, 0.25) is 0 Å². The molecule has 4 nitrogen and oxygen atoms in total. The summed E-state index contributed by atoms with van der Waals surface area (Å²) in [5, 5.41) is 10.2. The molecule has 0 heterocycles. The third-order valence-corrected chi connectivity index (χ3v) is 2.00. The second kappa shape index (κ2) is 5.05. The van der Waals surface area contributed by atoms with Crippen molar-refractivity contribution in [3.8, 4) is 0 Å². The first-order valence-electron chi connectivity index (χ1n) is 4.67. The molecule has 94 valence electrons. The Labute approximate surface area is 95.2 Å². The van der Waals surface area contributed by atoms with E-state index in [9.17, 15) is 18.0 Å². The fraction of sp³-hybridized carbons (Fsp3) is 0.300. The van der Waals surface area contributed by atoms with Crippen LogP contribution >= 0.6 is 0 Å². The van der Waals surface area contributed by atoms with E-state index in [1.54, 1.807) is 0 Å². The molecule has 0 unspecified atom stereocenters. The summed E-state index contributed by atoms with van der Waals surface area (Å²) < 4.78 is 38.0. The Kier molecular flexibility index (Phi) is 3.95. The van der Waals surface area contributed by atoms with Gasteiger partial charge in [0, 0.05) is 5.56 Å². The van der Waals surface area contributed by atoms with Gasteiger partial charge in [-0.3, -0.25) is 4.79 Å². The number of nitrogens with two attached hydrogens (primary N) is 1. The van der Waals surface area contributed by atoms with Gasteiger partial charge in [0.25, 0.3) is 11.8 Å². The highest BCUT2D eigenvalue weighted by Gasteiger charge is 2.28. The molecule has 0 atom stereocenters. The molecule has 1 aromatic rings. The first kappa shape index (κ1) is 13.3. The van der Waals surface area contributed by atoms with Crippen LogP contribution in [0.15, 0.2) is 18.2 Å². The Morgan fingerprint density at radius 2 is 2.12 bits per heavy atom. The van der Waals surface area contributed by atoms with Crippen molar-refractivity contribution in [2.45, 2.75) is 5.92 Å². The highest BCUT2D eigenvalue weighted by molar-refractivity contribution is 5.95. The number of hydrogen-bond acceptors (Lipinski definition) is 3. The monoisotopic (exact) mass is 248 g/mol. The molecular formula is C10H11F3N2O2. The second-order valence-corrected chi connectivity index (χ2v) is 3.43. The van der Waals surface area contributed by atoms with Crippen LogP contribution in [0.3, 0.4) is 0 Å². The van der Waals surface area contributed by atoms with Crippen LogP contribution in [0, 0.1) is 5.82 Å². The predicted molar refractivity (Wildman–Crippen MR) is 55.2 cm³/mol. The highest BCUT2D eigenvalue weighted by atomic mass is 19.3.